The van der Waals surface area contributed by atoms with Crippen LogP contribution in [-0.4, -0.2) is 18.2 Å². The van der Waals surface area contributed by atoms with Gasteiger partial charge >= 0.3 is 5.97 Å². The quantitative estimate of drug-likeness (QED) is 0.927. The van der Waals surface area contributed by atoms with E-state index in [1.54, 1.807) is 18.2 Å². The number of halogens is 1. The van der Waals surface area contributed by atoms with E-state index in [9.17, 15) is 4.79 Å². The molecule has 2 aromatic rings. The summed E-state index contributed by atoms with van der Waals surface area (Å²) in [5.74, 6) is -0.311. The van der Waals surface area contributed by atoms with E-state index in [0.717, 1.165) is 11.1 Å². The van der Waals surface area contributed by atoms with Crippen molar-refractivity contribution in [3.63, 3.8) is 0 Å². The van der Waals surface area contributed by atoms with Crippen molar-refractivity contribution in [1.82, 2.24) is 0 Å². The number of hydrogen-bond donors (Lipinski definition) is 1. The van der Waals surface area contributed by atoms with E-state index in [2.05, 4.69) is 0 Å². The Morgan fingerprint density at radius 1 is 1.21 bits per heavy atom. The van der Waals surface area contributed by atoms with E-state index >= 15 is 0 Å². The molecule has 0 saturated heterocycles. The van der Waals surface area contributed by atoms with Gasteiger partial charge in [-0.3, -0.25) is 4.79 Å². The molecule has 0 aliphatic carbocycles. The minimum atomic E-state index is -0.889. The van der Waals surface area contributed by atoms with Crippen molar-refractivity contribution in [2.45, 2.75) is 6.42 Å². The van der Waals surface area contributed by atoms with E-state index in [1.165, 1.54) is 7.11 Å². The molecule has 0 bridgehead atoms. The summed E-state index contributed by atoms with van der Waals surface area (Å²) in [6.45, 7) is 0. The highest BCUT2D eigenvalue weighted by Gasteiger charge is 2.13. The lowest BCUT2D eigenvalue weighted by atomic mass is 9.97. The molecule has 0 radical (unpaired) electrons. The van der Waals surface area contributed by atoms with Gasteiger partial charge in [0.1, 0.15) is 5.75 Å². The van der Waals surface area contributed by atoms with Crippen LogP contribution in [0.25, 0.3) is 11.1 Å². The lowest BCUT2D eigenvalue weighted by Gasteiger charge is -2.12. The molecule has 0 heterocycles. The van der Waals surface area contributed by atoms with Crippen LogP contribution < -0.4 is 4.74 Å². The highest BCUT2D eigenvalue weighted by molar-refractivity contribution is 6.30. The summed E-state index contributed by atoms with van der Waals surface area (Å²) in [6, 6.07) is 12.8. The van der Waals surface area contributed by atoms with Crippen molar-refractivity contribution in [3.05, 3.63) is 53.1 Å². The molecule has 2 aromatic carbocycles. The molecule has 0 atom stereocenters. The van der Waals surface area contributed by atoms with Crippen LogP contribution in [0.1, 0.15) is 5.56 Å². The van der Waals surface area contributed by atoms with Crippen LogP contribution in [-0.2, 0) is 11.2 Å². The standard InChI is InChI=1S/C15H13ClO3/c1-19-14-4-2-3-12(13(14)9-15(17)18)10-5-7-11(16)8-6-10/h2-8H,9H2,1H3,(H,17,18). The van der Waals surface area contributed by atoms with Gasteiger partial charge in [0.25, 0.3) is 0 Å². The van der Waals surface area contributed by atoms with Crippen molar-refractivity contribution in [2.24, 2.45) is 0 Å². The molecule has 0 amide bonds. The number of rotatable bonds is 4. The van der Waals surface area contributed by atoms with Crippen LogP contribution in [0.2, 0.25) is 5.02 Å². The maximum absolute atomic E-state index is 11.0. The Labute approximate surface area is 116 Å². The second-order valence-corrected chi connectivity index (χ2v) is 4.50. The van der Waals surface area contributed by atoms with Crippen molar-refractivity contribution >= 4 is 17.6 Å². The lowest BCUT2D eigenvalue weighted by Crippen LogP contribution is -2.04. The summed E-state index contributed by atoms with van der Waals surface area (Å²) in [6.07, 6.45) is -0.0814. The molecule has 4 heteroatoms. The first kappa shape index (κ1) is 13.4. The topological polar surface area (TPSA) is 46.5 Å². The van der Waals surface area contributed by atoms with E-state index in [1.807, 2.05) is 24.3 Å². The zero-order valence-corrected chi connectivity index (χ0v) is 11.1. The SMILES string of the molecule is COc1cccc(-c2ccc(Cl)cc2)c1CC(=O)O. The van der Waals surface area contributed by atoms with Gasteiger partial charge in [-0.2, -0.15) is 0 Å². The van der Waals surface area contributed by atoms with Gasteiger partial charge in [-0.1, -0.05) is 35.9 Å². The molecule has 0 spiro atoms. The number of carbonyl (C=O) groups is 1. The molecule has 0 aliphatic heterocycles. The lowest BCUT2D eigenvalue weighted by molar-refractivity contribution is -0.136. The van der Waals surface area contributed by atoms with Crippen LogP contribution in [0.15, 0.2) is 42.5 Å². The Morgan fingerprint density at radius 3 is 2.47 bits per heavy atom. The second kappa shape index (κ2) is 5.76. The fourth-order valence-corrected chi connectivity index (χ4v) is 2.12. The largest absolute Gasteiger partial charge is 0.496 e. The number of carboxylic acid groups (broad SMARTS) is 1. The minimum absolute atomic E-state index is 0.0814. The normalized spacial score (nSPS) is 10.2. The number of carboxylic acids is 1. The van der Waals surface area contributed by atoms with E-state index in [-0.39, 0.29) is 6.42 Å². The Morgan fingerprint density at radius 2 is 1.89 bits per heavy atom. The number of benzene rings is 2. The highest BCUT2D eigenvalue weighted by atomic mass is 35.5. The molecule has 0 aromatic heterocycles. The van der Waals surface area contributed by atoms with Gasteiger partial charge in [-0.25, -0.2) is 0 Å². The van der Waals surface area contributed by atoms with Crippen LogP contribution in [0.5, 0.6) is 5.75 Å². The molecule has 0 aliphatic rings. The summed E-state index contributed by atoms with van der Waals surface area (Å²) < 4.78 is 5.24. The average molecular weight is 277 g/mol. The molecule has 1 N–H and O–H groups in total. The number of aliphatic carboxylic acids is 1. The van der Waals surface area contributed by atoms with E-state index in [0.29, 0.717) is 16.3 Å². The van der Waals surface area contributed by atoms with Gasteiger partial charge in [-0.15, -0.1) is 0 Å². The second-order valence-electron chi connectivity index (χ2n) is 4.06. The molecule has 2 rings (SSSR count). The molecule has 0 saturated carbocycles. The summed E-state index contributed by atoms with van der Waals surface area (Å²) in [5.41, 5.74) is 2.43. The first-order valence-corrected chi connectivity index (χ1v) is 6.13. The van der Waals surface area contributed by atoms with Gasteiger partial charge in [0.15, 0.2) is 0 Å². The maximum Gasteiger partial charge on any atom is 0.307 e. The molecule has 0 fully saturated rings. The Bertz CT molecular complexity index is 591. The predicted octanol–water partition coefficient (Wildman–Crippen LogP) is 3.64. The fourth-order valence-electron chi connectivity index (χ4n) is 1.99. The zero-order chi connectivity index (χ0) is 13.8. The third-order valence-electron chi connectivity index (χ3n) is 2.84. The molecule has 19 heavy (non-hydrogen) atoms. The van der Waals surface area contributed by atoms with Crippen LogP contribution in [0.4, 0.5) is 0 Å². The van der Waals surface area contributed by atoms with Crippen LogP contribution in [0, 0.1) is 0 Å². The van der Waals surface area contributed by atoms with Gasteiger partial charge in [0, 0.05) is 10.6 Å². The first-order valence-electron chi connectivity index (χ1n) is 5.75. The van der Waals surface area contributed by atoms with Crippen molar-refractivity contribution < 1.29 is 14.6 Å². The third kappa shape index (κ3) is 3.06. The predicted molar refractivity (Wildman–Crippen MR) is 74.8 cm³/mol. The van der Waals surface area contributed by atoms with Gasteiger partial charge in [0.05, 0.1) is 13.5 Å². The minimum Gasteiger partial charge on any atom is -0.496 e. The zero-order valence-electron chi connectivity index (χ0n) is 10.4. The van der Waals surface area contributed by atoms with Crippen LogP contribution in [0.3, 0.4) is 0 Å². The molecular weight excluding hydrogens is 264 g/mol. The molecular formula is C15H13ClO3. The summed E-state index contributed by atoms with van der Waals surface area (Å²) in [4.78, 5) is 11.0. The average Bonchev–Trinajstić information content (AvgIpc) is 2.39. The third-order valence-corrected chi connectivity index (χ3v) is 3.09. The number of ether oxygens (including phenoxy) is 1. The number of methoxy groups -OCH3 is 1. The Balaban J connectivity index is 2.55. The van der Waals surface area contributed by atoms with Crippen molar-refractivity contribution in [3.8, 4) is 16.9 Å². The van der Waals surface area contributed by atoms with Crippen molar-refractivity contribution in [1.29, 1.82) is 0 Å². The van der Waals surface area contributed by atoms with Gasteiger partial charge < -0.3 is 9.84 Å². The van der Waals surface area contributed by atoms with Crippen molar-refractivity contribution in [2.75, 3.05) is 7.11 Å². The maximum atomic E-state index is 11.0. The van der Waals surface area contributed by atoms with Gasteiger partial charge in [-0.05, 0) is 29.3 Å². The molecule has 3 nitrogen and oxygen atoms in total. The summed E-state index contributed by atoms with van der Waals surface area (Å²) in [7, 11) is 1.53. The first-order chi connectivity index (χ1) is 9.11. The van der Waals surface area contributed by atoms with E-state index < -0.39 is 5.97 Å². The summed E-state index contributed by atoms with van der Waals surface area (Å²) >= 11 is 5.86. The van der Waals surface area contributed by atoms with Gasteiger partial charge in [0.2, 0.25) is 0 Å². The van der Waals surface area contributed by atoms with Crippen LogP contribution >= 0.6 is 11.6 Å². The Hall–Kier alpha value is -2.00. The fraction of sp³-hybridized carbons (Fsp3) is 0.133. The monoisotopic (exact) mass is 276 g/mol. The smallest absolute Gasteiger partial charge is 0.307 e. The summed E-state index contributed by atoms with van der Waals surface area (Å²) in [5, 5.41) is 9.67. The van der Waals surface area contributed by atoms with E-state index in [4.69, 9.17) is 21.4 Å². The molecule has 98 valence electrons. The highest BCUT2D eigenvalue weighted by Crippen LogP contribution is 2.31. The Kier molecular flexibility index (Phi) is 4.07. The molecule has 0 unspecified atom stereocenters. The number of hydrogen-bond acceptors (Lipinski definition) is 2.